The average molecular weight is 326 g/mol. The Kier molecular flexibility index (Phi) is 4.44. The van der Waals surface area contributed by atoms with Gasteiger partial charge in [0.2, 0.25) is 0 Å². The predicted octanol–water partition coefficient (Wildman–Crippen LogP) is -2.73. The van der Waals surface area contributed by atoms with Gasteiger partial charge in [0.05, 0.1) is 6.61 Å². The number of aromatic nitrogens is 2. The molecule has 1 saturated heterocycles. The molecule has 118 valence electrons. The van der Waals surface area contributed by atoms with Crippen LogP contribution in [0.3, 0.4) is 0 Å². The third kappa shape index (κ3) is 3.66. The zero-order valence-corrected chi connectivity index (χ0v) is 11.3. The number of aliphatic hydroxyl groups is 2. The van der Waals surface area contributed by atoms with E-state index in [1.54, 1.807) is 0 Å². The summed E-state index contributed by atoms with van der Waals surface area (Å²) in [5, 5.41) is 19.6. The standard InChI is InChI=1S/C9H13N2O9P/c12-5-1-2-11(9(15)10-5)8-7(14)6(13)4(20-8)3-19-21(16,17)18/h1-2,4,6-8,13-14H,3H2,(H,10,12,15)(H2,16,17,18)/t4-,6+,7?,8-/m1/s1/i10+1,11+1. The monoisotopic (exact) mass is 326 g/mol. The molecule has 0 aromatic carbocycles. The van der Waals surface area contributed by atoms with E-state index in [1.807, 2.05) is 4.98 Å². The van der Waals surface area contributed by atoms with E-state index in [4.69, 9.17) is 14.5 Å². The summed E-state index contributed by atoms with van der Waals surface area (Å²) in [5.41, 5.74) is -1.51. The van der Waals surface area contributed by atoms with Gasteiger partial charge in [-0.05, 0) is 0 Å². The number of H-pyrrole nitrogens is 1. The molecule has 1 fully saturated rings. The van der Waals surface area contributed by atoms with Crippen LogP contribution in [-0.4, -0.2) is 54.5 Å². The Morgan fingerprint density at radius 2 is 2.00 bits per heavy atom. The van der Waals surface area contributed by atoms with Crippen molar-refractivity contribution in [3.05, 3.63) is 33.1 Å². The fourth-order valence-electron chi connectivity index (χ4n) is 1.89. The average Bonchev–Trinajstić information content (AvgIpc) is 2.64. The summed E-state index contributed by atoms with van der Waals surface area (Å²) < 4.78 is 20.8. The lowest BCUT2D eigenvalue weighted by molar-refractivity contribution is -0.0543. The maximum absolute atomic E-state index is 11.6. The Morgan fingerprint density at radius 1 is 1.33 bits per heavy atom. The van der Waals surface area contributed by atoms with Crippen LogP contribution in [0.15, 0.2) is 21.9 Å². The molecule has 1 unspecified atom stereocenters. The summed E-state index contributed by atoms with van der Waals surface area (Å²) in [7, 11) is -4.76. The van der Waals surface area contributed by atoms with E-state index < -0.39 is 50.2 Å². The van der Waals surface area contributed by atoms with Crippen LogP contribution < -0.4 is 11.2 Å². The zero-order valence-electron chi connectivity index (χ0n) is 10.4. The molecule has 21 heavy (non-hydrogen) atoms. The molecular weight excluding hydrogens is 313 g/mol. The smallest absolute Gasteiger partial charge is 0.387 e. The molecule has 0 spiro atoms. The van der Waals surface area contributed by atoms with Gasteiger partial charge in [0.1, 0.15) is 18.3 Å². The van der Waals surface area contributed by atoms with E-state index in [1.165, 1.54) is 0 Å². The van der Waals surface area contributed by atoms with Crippen LogP contribution in [0.2, 0.25) is 0 Å². The van der Waals surface area contributed by atoms with Crippen LogP contribution in [-0.2, 0) is 13.8 Å². The van der Waals surface area contributed by atoms with Gasteiger partial charge >= 0.3 is 13.5 Å². The van der Waals surface area contributed by atoms with Crippen molar-refractivity contribution in [3.8, 4) is 0 Å². The molecule has 0 amide bonds. The van der Waals surface area contributed by atoms with Gasteiger partial charge in [-0.2, -0.15) is 0 Å². The van der Waals surface area contributed by atoms with Gasteiger partial charge in [-0.25, -0.2) is 9.36 Å². The second-order valence-electron chi connectivity index (χ2n) is 4.35. The lowest BCUT2D eigenvalue weighted by Crippen LogP contribution is -2.37. The molecule has 11 nitrogen and oxygen atoms in total. The highest BCUT2D eigenvalue weighted by molar-refractivity contribution is 7.46. The lowest BCUT2D eigenvalue weighted by Gasteiger charge is -2.16. The number of phosphoric acid groups is 1. The molecule has 12 heteroatoms. The summed E-state index contributed by atoms with van der Waals surface area (Å²) in [5.74, 6) is 0. The third-order valence-corrected chi connectivity index (χ3v) is 3.35. The molecule has 1 aliphatic heterocycles. The number of ether oxygens (including phenoxy) is 1. The van der Waals surface area contributed by atoms with Crippen molar-refractivity contribution in [1.29, 1.82) is 0 Å². The molecule has 1 aliphatic rings. The maximum atomic E-state index is 11.6. The van der Waals surface area contributed by atoms with E-state index in [0.29, 0.717) is 0 Å². The first-order chi connectivity index (χ1) is 9.69. The number of rotatable bonds is 4. The molecule has 2 rings (SSSR count). The Labute approximate surface area is 116 Å². The largest absolute Gasteiger partial charge is 0.469 e. The molecular formula is C9H13N2O9P. The van der Waals surface area contributed by atoms with Crippen molar-refractivity contribution >= 4 is 7.82 Å². The summed E-state index contributed by atoms with van der Waals surface area (Å²) in [4.78, 5) is 41.6. The highest BCUT2D eigenvalue weighted by Crippen LogP contribution is 2.38. The summed E-state index contributed by atoms with van der Waals surface area (Å²) >= 11 is 0. The fraction of sp³-hybridized carbons (Fsp3) is 0.556. The topological polar surface area (TPSA) is 171 Å². The first-order valence-corrected chi connectivity index (χ1v) is 7.25. The van der Waals surface area contributed by atoms with Gasteiger partial charge in [0.25, 0.3) is 5.56 Å². The number of phosphoric ester groups is 1. The maximum Gasteiger partial charge on any atom is 0.469 e. The summed E-state index contributed by atoms with van der Waals surface area (Å²) in [6, 6.07) is 1.02. The predicted molar refractivity (Wildman–Crippen MR) is 65.2 cm³/mol. The van der Waals surface area contributed by atoms with Crippen molar-refractivity contribution in [3.63, 3.8) is 0 Å². The van der Waals surface area contributed by atoms with Crippen molar-refractivity contribution < 1.29 is 33.8 Å². The van der Waals surface area contributed by atoms with Crippen molar-refractivity contribution in [1.82, 2.24) is 9.55 Å². The van der Waals surface area contributed by atoms with Gasteiger partial charge in [0, 0.05) is 12.3 Å². The number of nitrogens with zero attached hydrogens (tertiary/aromatic N) is 1. The van der Waals surface area contributed by atoms with Crippen molar-refractivity contribution in [2.45, 2.75) is 24.5 Å². The van der Waals surface area contributed by atoms with Crippen LogP contribution in [0.4, 0.5) is 0 Å². The van der Waals surface area contributed by atoms with Crippen LogP contribution in [0.5, 0.6) is 0 Å². The summed E-state index contributed by atoms with van der Waals surface area (Å²) in [6.07, 6.45) is -4.58. The molecule has 1 aromatic rings. The minimum Gasteiger partial charge on any atom is -0.387 e. The number of nitrogens with one attached hydrogen (secondary N) is 1. The molecule has 1 aromatic heterocycles. The zero-order chi connectivity index (χ0) is 15.8. The van der Waals surface area contributed by atoms with Gasteiger partial charge in [-0.3, -0.25) is 18.9 Å². The Balaban J connectivity index is 2.18. The quantitative estimate of drug-likeness (QED) is 0.368. The Morgan fingerprint density at radius 3 is 2.57 bits per heavy atom. The molecule has 5 N–H and O–H groups in total. The lowest BCUT2D eigenvalue weighted by atomic mass is 10.1. The summed E-state index contributed by atoms with van der Waals surface area (Å²) in [6.45, 7) is -0.683. The van der Waals surface area contributed by atoms with Crippen LogP contribution in [0.25, 0.3) is 0 Å². The van der Waals surface area contributed by atoms with Crippen LogP contribution >= 0.6 is 7.82 Å². The van der Waals surface area contributed by atoms with Gasteiger partial charge in [0.15, 0.2) is 6.23 Å². The first-order valence-electron chi connectivity index (χ1n) is 5.72. The van der Waals surface area contributed by atoms with E-state index in [0.717, 1.165) is 16.8 Å². The Bertz CT molecular complexity index is 664. The second kappa shape index (κ2) is 5.81. The second-order valence-corrected chi connectivity index (χ2v) is 5.59. The first kappa shape index (κ1) is 16.0. The van der Waals surface area contributed by atoms with Crippen LogP contribution in [0, 0.1) is 0 Å². The van der Waals surface area contributed by atoms with Crippen molar-refractivity contribution in [2.24, 2.45) is 0 Å². The number of hydrogen-bond donors (Lipinski definition) is 5. The highest BCUT2D eigenvalue weighted by atomic mass is 31.2. The van der Waals surface area contributed by atoms with Gasteiger partial charge < -0.3 is 24.7 Å². The normalized spacial score (nSPS) is 29.7. The van der Waals surface area contributed by atoms with E-state index >= 15 is 0 Å². The number of hydrogen-bond acceptors (Lipinski definition) is 7. The van der Waals surface area contributed by atoms with Crippen molar-refractivity contribution in [2.75, 3.05) is 6.61 Å². The Hall–Kier alpha value is -1.33. The number of aliphatic hydroxyl groups excluding tert-OH is 2. The minimum atomic E-state index is -4.76. The number of aromatic amines is 1. The third-order valence-electron chi connectivity index (χ3n) is 2.87. The van der Waals surface area contributed by atoms with Gasteiger partial charge in [-0.1, -0.05) is 0 Å². The molecule has 4 atom stereocenters. The van der Waals surface area contributed by atoms with Gasteiger partial charge in [-0.15, -0.1) is 0 Å². The molecule has 2 heterocycles. The SMILES string of the molecule is O=c1cc[15n]([C@@H]2O[C@H](COP(=O)(O)O)[C@H](O)C2O)c(=O)[15nH]1. The molecule has 0 saturated carbocycles. The minimum absolute atomic E-state index is 0.648. The van der Waals surface area contributed by atoms with Crippen LogP contribution in [0.1, 0.15) is 6.23 Å². The highest BCUT2D eigenvalue weighted by Gasteiger charge is 2.44. The van der Waals surface area contributed by atoms with E-state index in [9.17, 15) is 24.4 Å². The molecule has 0 radical (unpaired) electrons. The van der Waals surface area contributed by atoms with E-state index in [2.05, 4.69) is 4.52 Å². The molecule has 0 bridgehead atoms. The van der Waals surface area contributed by atoms with E-state index in [-0.39, 0.29) is 0 Å². The molecule has 0 aliphatic carbocycles. The fourth-order valence-corrected chi connectivity index (χ4v) is 2.24.